The molecule has 0 aromatic heterocycles. The number of rotatable bonds is 4. The molecule has 3 heteroatoms. The van der Waals surface area contributed by atoms with Crippen molar-refractivity contribution in [2.45, 2.75) is 38.7 Å². The highest BCUT2D eigenvalue weighted by molar-refractivity contribution is 4.92. The minimum Gasteiger partial charge on any atom is -0.390 e. The topological polar surface area (TPSA) is 46.2 Å². The molecule has 1 fully saturated rings. The molecule has 78 valence electrons. The molecule has 0 bridgehead atoms. The highest BCUT2D eigenvalue weighted by Crippen LogP contribution is 2.45. The summed E-state index contributed by atoms with van der Waals surface area (Å²) in [5, 5.41) is 9.30. The smallest absolute Gasteiger partial charge is 0.115 e. The highest BCUT2D eigenvalue weighted by Gasteiger charge is 2.40. The second-order valence-corrected chi connectivity index (χ2v) is 4.37. The van der Waals surface area contributed by atoms with Gasteiger partial charge < -0.3 is 10.8 Å². The minimum absolute atomic E-state index is 0.00546. The molecule has 0 aromatic carbocycles. The van der Waals surface area contributed by atoms with Crippen LogP contribution in [0.4, 0.5) is 4.39 Å². The Bertz CT molecular complexity index is 165. The van der Waals surface area contributed by atoms with Crippen molar-refractivity contribution in [2.24, 2.45) is 17.1 Å². The van der Waals surface area contributed by atoms with Crippen molar-refractivity contribution < 1.29 is 9.50 Å². The van der Waals surface area contributed by atoms with E-state index in [2.05, 4.69) is 6.92 Å². The Morgan fingerprint density at radius 3 is 2.77 bits per heavy atom. The molecule has 0 spiro atoms. The maximum atomic E-state index is 12.2. The summed E-state index contributed by atoms with van der Waals surface area (Å²) in [6, 6.07) is 0. The van der Waals surface area contributed by atoms with Crippen LogP contribution < -0.4 is 5.73 Å². The van der Waals surface area contributed by atoms with E-state index in [9.17, 15) is 9.50 Å². The predicted molar refractivity (Wildman–Crippen MR) is 51.1 cm³/mol. The average Bonchev–Trinajstić information content (AvgIpc) is 2.48. The minimum atomic E-state index is -0.816. The molecule has 1 aliphatic rings. The van der Waals surface area contributed by atoms with Gasteiger partial charge in [-0.2, -0.15) is 0 Å². The fraction of sp³-hybridized carbons (Fsp3) is 1.00. The Balaban J connectivity index is 2.58. The van der Waals surface area contributed by atoms with Crippen molar-refractivity contribution in [3.63, 3.8) is 0 Å². The van der Waals surface area contributed by atoms with Gasteiger partial charge in [-0.25, -0.2) is 4.39 Å². The van der Waals surface area contributed by atoms with Crippen LogP contribution in [0, 0.1) is 11.3 Å². The third kappa shape index (κ3) is 2.20. The molecule has 0 heterocycles. The Hall–Kier alpha value is -0.150. The zero-order valence-corrected chi connectivity index (χ0v) is 8.30. The largest absolute Gasteiger partial charge is 0.390 e. The fourth-order valence-corrected chi connectivity index (χ4v) is 2.53. The van der Waals surface area contributed by atoms with Crippen LogP contribution in [0.1, 0.15) is 32.6 Å². The molecule has 3 N–H and O–H groups in total. The maximum Gasteiger partial charge on any atom is 0.115 e. The zero-order chi connectivity index (χ0) is 9.90. The number of hydrogen-bond acceptors (Lipinski definition) is 2. The third-order valence-electron chi connectivity index (χ3n) is 3.58. The quantitative estimate of drug-likeness (QED) is 0.703. The lowest BCUT2D eigenvalue weighted by atomic mass is 9.74. The molecule has 0 aromatic rings. The van der Waals surface area contributed by atoms with Gasteiger partial charge in [0.2, 0.25) is 0 Å². The first-order valence-corrected chi connectivity index (χ1v) is 5.09. The lowest BCUT2D eigenvalue weighted by Crippen LogP contribution is -2.37. The Kier molecular flexibility index (Phi) is 3.68. The molecule has 13 heavy (non-hydrogen) atoms. The summed E-state index contributed by atoms with van der Waals surface area (Å²) in [5.41, 5.74) is 5.73. The van der Waals surface area contributed by atoms with Crippen molar-refractivity contribution in [3.05, 3.63) is 0 Å². The number of aliphatic hydroxyl groups excluding tert-OH is 1. The molecule has 0 saturated heterocycles. The summed E-state index contributed by atoms with van der Waals surface area (Å²) in [6.45, 7) is 2.09. The average molecular weight is 189 g/mol. The van der Waals surface area contributed by atoms with Gasteiger partial charge in [-0.15, -0.1) is 0 Å². The Morgan fingerprint density at radius 1 is 1.69 bits per heavy atom. The van der Waals surface area contributed by atoms with E-state index < -0.39 is 12.8 Å². The number of halogens is 1. The summed E-state index contributed by atoms with van der Waals surface area (Å²) in [6.07, 6.45) is 3.08. The molecular formula is C10H20FNO. The van der Waals surface area contributed by atoms with Gasteiger partial charge in [0, 0.05) is 0 Å². The lowest BCUT2D eigenvalue weighted by molar-refractivity contribution is 0.0620. The van der Waals surface area contributed by atoms with Crippen LogP contribution in [0.15, 0.2) is 0 Å². The van der Waals surface area contributed by atoms with Crippen molar-refractivity contribution in [3.8, 4) is 0 Å². The summed E-state index contributed by atoms with van der Waals surface area (Å²) >= 11 is 0. The van der Waals surface area contributed by atoms with E-state index in [1.807, 2.05) is 0 Å². The first-order valence-electron chi connectivity index (χ1n) is 5.09. The lowest BCUT2D eigenvalue weighted by Gasteiger charge is -2.33. The Morgan fingerprint density at radius 2 is 2.38 bits per heavy atom. The monoisotopic (exact) mass is 189 g/mol. The van der Waals surface area contributed by atoms with Crippen molar-refractivity contribution >= 4 is 0 Å². The fourth-order valence-electron chi connectivity index (χ4n) is 2.53. The second-order valence-electron chi connectivity index (χ2n) is 4.37. The van der Waals surface area contributed by atoms with Gasteiger partial charge in [0.25, 0.3) is 0 Å². The molecule has 1 rings (SSSR count). The van der Waals surface area contributed by atoms with Gasteiger partial charge >= 0.3 is 0 Å². The third-order valence-corrected chi connectivity index (χ3v) is 3.58. The van der Waals surface area contributed by atoms with E-state index >= 15 is 0 Å². The van der Waals surface area contributed by atoms with Gasteiger partial charge in [0.15, 0.2) is 0 Å². The number of alkyl halides is 1. The normalized spacial score (nSPS) is 36.5. The van der Waals surface area contributed by atoms with Crippen LogP contribution >= 0.6 is 0 Å². The van der Waals surface area contributed by atoms with Crippen LogP contribution in [-0.2, 0) is 0 Å². The summed E-state index contributed by atoms with van der Waals surface area (Å²) in [5.74, 6) is 0.527. The number of nitrogens with two attached hydrogens (primary N) is 1. The van der Waals surface area contributed by atoms with Crippen molar-refractivity contribution in [1.29, 1.82) is 0 Å². The first kappa shape index (κ1) is 10.9. The summed E-state index contributed by atoms with van der Waals surface area (Å²) in [7, 11) is 0. The van der Waals surface area contributed by atoms with Crippen LogP contribution in [0.2, 0.25) is 0 Å². The van der Waals surface area contributed by atoms with Crippen LogP contribution in [0.3, 0.4) is 0 Å². The van der Waals surface area contributed by atoms with Gasteiger partial charge in [0.05, 0.1) is 6.10 Å². The molecule has 1 saturated carbocycles. The van der Waals surface area contributed by atoms with E-state index in [-0.39, 0.29) is 5.41 Å². The molecular weight excluding hydrogens is 169 g/mol. The number of aliphatic hydroxyl groups is 1. The Labute approximate surface area is 79.3 Å². The summed E-state index contributed by atoms with van der Waals surface area (Å²) in [4.78, 5) is 0. The van der Waals surface area contributed by atoms with Crippen molar-refractivity contribution in [2.75, 3.05) is 13.2 Å². The summed E-state index contributed by atoms with van der Waals surface area (Å²) < 4.78 is 12.2. The molecule has 0 radical (unpaired) electrons. The number of hydrogen-bond donors (Lipinski definition) is 2. The molecule has 2 nitrogen and oxygen atoms in total. The van der Waals surface area contributed by atoms with E-state index in [0.717, 1.165) is 19.3 Å². The van der Waals surface area contributed by atoms with Gasteiger partial charge in [0.1, 0.15) is 6.67 Å². The van der Waals surface area contributed by atoms with E-state index in [4.69, 9.17) is 5.73 Å². The molecule has 0 amide bonds. The van der Waals surface area contributed by atoms with E-state index in [0.29, 0.717) is 18.9 Å². The van der Waals surface area contributed by atoms with Crippen LogP contribution in [-0.4, -0.2) is 24.4 Å². The molecule has 1 aliphatic carbocycles. The standard InChI is InChI=1S/C10H20FNO/c1-8-3-2-4-10(8,7-12)5-9(13)6-11/h8-9,13H,2-7,12H2,1H3. The highest BCUT2D eigenvalue weighted by atomic mass is 19.1. The second kappa shape index (κ2) is 4.38. The molecule has 3 atom stereocenters. The molecule has 0 aliphatic heterocycles. The van der Waals surface area contributed by atoms with E-state index in [1.165, 1.54) is 0 Å². The van der Waals surface area contributed by atoms with Gasteiger partial charge in [-0.05, 0) is 30.7 Å². The predicted octanol–water partition coefficient (Wildman–Crippen LogP) is 1.47. The van der Waals surface area contributed by atoms with Crippen LogP contribution in [0.25, 0.3) is 0 Å². The zero-order valence-electron chi connectivity index (χ0n) is 8.30. The van der Waals surface area contributed by atoms with Gasteiger partial charge in [-0.1, -0.05) is 19.8 Å². The SMILES string of the molecule is CC1CCCC1(CN)CC(O)CF. The first-order chi connectivity index (χ1) is 6.14. The van der Waals surface area contributed by atoms with Crippen molar-refractivity contribution in [1.82, 2.24) is 0 Å². The maximum absolute atomic E-state index is 12.2. The van der Waals surface area contributed by atoms with E-state index in [1.54, 1.807) is 0 Å². The van der Waals surface area contributed by atoms with Gasteiger partial charge in [-0.3, -0.25) is 0 Å². The van der Waals surface area contributed by atoms with Crippen LogP contribution in [0.5, 0.6) is 0 Å². The molecule has 3 unspecified atom stereocenters.